The van der Waals surface area contributed by atoms with Crippen LogP contribution in [-0.4, -0.2) is 16.9 Å². The molecular formula is C19H16N2O3. The molecule has 0 aliphatic carbocycles. The fourth-order valence-electron chi connectivity index (χ4n) is 2.39. The number of amides is 1. The second-order valence-corrected chi connectivity index (χ2v) is 5.42. The van der Waals surface area contributed by atoms with E-state index in [4.69, 9.17) is 4.74 Å². The summed E-state index contributed by atoms with van der Waals surface area (Å²) in [6, 6.07) is 14.2. The maximum atomic E-state index is 12.4. The molecule has 1 amide bonds. The lowest BCUT2D eigenvalue weighted by atomic mass is 10.1. The molecule has 0 atom stereocenters. The van der Waals surface area contributed by atoms with E-state index in [-0.39, 0.29) is 5.91 Å². The van der Waals surface area contributed by atoms with Crippen molar-refractivity contribution in [2.45, 2.75) is 13.8 Å². The number of ether oxygens (including phenoxy) is 1. The number of pyridine rings is 1. The predicted molar refractivity (Wildman–Crippen MR) is 92.2 cm³/mol. The van der Waals surface area contributed by atoms with Crippen LogP contribution in [0.25, 0.3) is 10.9 Å². The maximum Gasteiger partial charge on any atom is 0.308 e. The predicted octanol–water partition coefficient (Wildman–Crippen LogP) is 3.72. The molecule has 0 unspecified atom stereocenters. The van der Waals surface area contributed by atoms with Crippen molar-refractivity contribution in [2.75, 3.05) is 5.32 Å². The van der Waals surface area contributed by atoms with E-state index in [1.807, 2.05) is 19.1 Å². The van der Waals surface area contributed by atoms with E-state index in [2.05, 4.69) is 10.3 Å². The average molecular weight is 320 g/mol. The van der Waals surface area contributed by atoms with Crippen molar-refractivity contribution >= 4 is 28.5 Å². The van der Waals surface area contributed by atoms with E-state index in [1.165, 1.54) is 6.92 Å². The lowest BCUT2D eigenvalue weighted by Crippen LogP contribution is -2.12. The first kappa shape index (κ1) is 15.7. The Bertz CT molecular complexity index is 918. The van der Waals surface area contributed by atoms with Crippen LogP contribution in [0, 0.1) is 6.92 Å². The molecule has 0 saturated carbocycles. The zero-order chi connectivity index (χ0) is 17.1. The average Bonchev–Trinajstić information content (AvgIpc) is 2.57. The van der Waals surface area contributed by atoms with Gasteiger partial charge in [0.05, 0.1) is 11.2 Å². The summed E-state index contributed by atoms with van der Waals surface area (Å²) >= 11 is 0. The van der Waals surface area contributed by atoms with Gasteiger partial charge >= 0.3 is 5.97 Å². The van der Waals surface area contributed by atoms with Gasteiger partial charge in [-0.05, 0) is 43.3 Å². The second-order valence-electron chi connectivity index (χ2n) is 5.42. The zero-order valence-electron chi connectivity index (χ0n) is 13.4. The molecule has 0 bridgehead atoms. The summed E-state index contributed by atoms with van der Waals surface area (Å²) in [6.07, 6.45) is 1.63. The number of esters is 1. The highest BCUT2D eigenvalue weighted by Gasteiger charge is 2.12. The summed E-state index contributed by atoms with van der Waals surface area (Å²) in [6.45, 7) is 3.31. The number of rotatable bonds is 3. The first-order valence-corrected chi connectivity index (χ1v) is 7.49. The van der Waals surface area contributed by atoms with Crippen molar-refractivity contribution in [3.8, 4) is 5.75 Å². The summed E-state index contributed by atoms with van der Waals surface area (Å²) in [4.78, 5) is 27.9. The molecular weight excluding hydrogens is 304 g/mol. The van der Waals surface area contributed by atoms with Gasteiger partial charge in [-0.25, -0.2) is 0 Å². The molecule has 0 radical (unpaired) electrons. The van der Waals surface area contributed by atoms with Crippen molar-refractivity contribution in [3.05, 3.63) is 65.9 Å². The molecule has 1 N–H and O–H groups in total. The Morgan fingerprint density at radius 3 is 2.50 bits per heavy atom. The normalized spacial score (nSPS) is 10.4. The standard InChI is InChI=1S/C19H16N2O3/c1-12-5-7-14(8-6-12)19(23)21-16-9-10-17(24-13(2)22)15-4-3-11-20-18(15)16/h3-11H,1-2H3,(H,21,23). The molecule has 1 aromatic heterocycles. The number of aryl methyl sites for hydroxylation is 1. The first-order valence-electron chi connectivity index (χ1n) is 7.49. The Kier molecular flexibility index (Phi) is 4.24. The van der Waals surface area contributed by atoms with E-state index in [0.29, 0.717) is 27.9 Å². The number of anilines is 1. The molecule has 0 fully saturated rings. The lowest BCUT2D eigenvalue weighted by molar-refractivity contribution is -0.131. The quantitative estimate of drug-likeness (QED) is 0.590. The fourth-order valence-corrected chi connectivity index (χ4v) is 2.39. The molecule has 3 rings (SSSR count). The third-order valence-corrected chi connectivity index (χ3v) is 3.55. The van der Waals surface area contributed by atoms with Crippen LogP contribution in [0.1, 0.15) is 22.8 Å². The third-order valence-electron chi connectivity index (χ3n) is 3.55. The van der Waals surface area contributed by atoms with Gasteiger partial charge in [-0.15, -0.1) is 0 Å². The van der Waals surface area contributed by atoms with Crippen LogP contribution < -0.4 is 10.1 Å². The summed E-state index contributed by atoms with van der Waals surface area (Å²) in [5.74, 6) is -0.210. The molecule has 1 heterocycles. The maximum absolute atomic E-state index is 12.4. The summed E-state index contributed by atoms with van der Waals surface area (Å²) < 4.78 is 5.19. The number of nitrogens with zero attached hydrogens (tertiary/aromatic N) is 1. The SMILES string of the molecule is CC(=O)Oc1ccc(NC(=O)c2ccc(C)cc2)c2ncccc12. The number of hydrogen-bond donors (Lipinski definition) is 1. The minimum atomic E-state index is -0.406. The van der Waals surface area contributed by atoms with Crippen LogP contribution in [0.2, 0.25) is 0 Å². The summed E-state index contributed by atoms with van der Waals surface area (Å²) in [5.41, 5.74) is 2.78. The van der Waals surface area contributed by atoms with Gasteiger partial charge in [0.25, 0.3) is 5.91 Å². The van der Waals surface area contributed by atoms with Crippen molar-refractivity contribution in [1.29, 1.82) is 0 Å². The molecule has 0 saturated heterocycles. The number of benzene rings is 2. The second kappa shape index (κ2) is 6.50. The van der Waals surface area contributed by atoms with E-state index in [1.54, 1.807) is 42.6 Å². The van der Waals surface area contributed by atoms with Crippen molar-refractivity contribution < 1.29 is 14.3 Å². The smallest absolute Gasteiger partial charge is 0.308 e. The van der Waals surface area contributed by atoms with Gasteiger partial charge in [0, 0.05) is 24.1 Å². The van der Waals surface area contributed by atoms with Crippen molar-refractivity contribution in [2.24, 2.45) is 0 Å². The molecule has 0 aliphatic rings. The minimum absolute atomic E-state index is 0.220. The number of carbonyl (C=O) groups is 2. The highest BCUT2D eigenvalue weighted by atomic mass is 16.5. The van der Waals surface area contributed by atoms with Crippen LogP contribution in [0.15, 0.2) is 54.7 Å². The lowest BCUT2D eigenvalue weighted by Gasteiger charge is -2.11. The first-order chi connectivity index (χ1) is 11.5. The Morgan fingerprint density at radius 2 is 1.79 bits per heavy atom. The third kappa shape index (κ3) is 3.25. The van der Waals surface area contributed by atoms with Crippen LogP contribution >= 0.6 is 0 Å². The van der Waals surface area contributed by atoms with E-state index >= 15 is 0 Å². The van der Waals surface area contributed by atoms with Gasteiger partial charge in [-0.1, -0.05) is 17.7 Å². The summed E-state index contributed by atoms with van der Waals surface area (Å²) in [7, 11) is 0. The molecule has 0 aliphatic heterocycles. The monoisotopic (exact) mass is 320 g/mol. The van der Waals surface area contributed by atoms with Gasteiger partial charge in [-0.3, -0.25) is 14.6 Å². The Labute approximate surface area is 139 Å². The Balaban J connectivity index is 1.96. The molecule has 0 spiro atoms. The molecule has 3 aromatic rings. The zero-order valence-corrected chi connectivity index (χ0v) is 13.4. The van der Waals surface area contributed by atoms with Gasteiger partial charge in [0.2, 0.25) is 0 Å². The minimum Gasteiger partial charge on any atom is -0.426 e. The topological polar surface area (TPSA) is 68.3 Å². The largest absolute Gasteiger partial charge is 0.426 e. The van der Waals surface area contributed by atoms with Gasteiger partial charge in [0.15, 0.2) is 0 Å². The number of fused-ring (bicyclic) bond motifs is 1. The van der Waals surface area contributed by atoms with Gasteiger partial charge in [-0.2, -0.15) is 0 Å². The highest BCUT2D eigenvalue weighted by Crippen LogP contribution is 2.30. The molecule has 5 heteroatoms. The number of hydrogen-bond acceptors (Lipinski definition) is 4. The highest BCUT2D eigenvalue weighted by molar-refractivity contribution is 6.09. The van der Waals surface area contributed by atoms with Crippen LogP contribution in [0.5, 0.6) is 5.75 Å². The Morgan fingerprint density at radius 1 is 1.04 bits per heavy atom. The van der Waals surface area contributed by atoms with Crippen LogP contribution in [-0.2, 0) is 4.79 Å². The van der Waals surface area contributed by atoms with Gasteiger partial charge < -0.3 is 10.1 Å². The van der Waals surface area contributed by atoms with E-state index < -0.39 is 5.97 Å². The van der Waals surface area contributed by atoms with Gasteiger partial charge in [0.1, 0.15) is 5.75 Å². The number of aromatic nitrogens is 1. The van der Waals surface area contributed by atoms with Crippen molar-refractivity contribution in [1.82, 2.24) is 4.98 Å². The molecule has 2 aromatic carbocycles. The van der Waals surface area contributed by atoms with E-state index in [0.717, 1.165) is 5.56 Å². The molecule has 24 heavy (non-hydrogen) atoms. The Hall–Kier alpha value is -3.21. The molecule has 120 valence electrons. The summed E-state index contributed by atoms with van der Waals surface area (Å²) in [5, 5.41) is 3.52. The van der Waals surface area contributed by atoms with Crippen LogP contribution in [0.3, 0.4) is 0 Å². The number of carbonyl (C=O) groups excluding carboxylic acids is 2. The molecule has 5 nitrogen and oxygen atoms in total. The fraction of sp³-hybridized carbons (Fsp3) is 0.105. The van der Waals surface area contributed by atoms with Crippen molar-refractivity contribution in [3.63, 3.8) is 0 Å². The van der Waals surface area contributed by atoms with E-state index in [9.17, 15) is 9.59 Å². The number of nitrogens with one attached hydrogen (secondary N) is 1. The van der Waals surface area contributed by atoms with Crippen LogP contribution in [0.4, 0.5) is 5.69 Å².